The van der Waals surface area contributed by atoms with Gasteiger partial charge in [0.25, 0.3) is 0 Å². The molecule has 1 atom stereocenters. The Morgan fingerprint density at radius 1 is 1.29 bits per heavy atom. The molecule has 0 saturated carbocycles. The van der Waals surface area contributed by atoms with E-state index in [4.69, 9.17) is 5.73 Å². The predicted octanol–water partition coefficient (Wildman–Crippen LogP) is 2.58. The van der Waals surface area contributed by atoms with Crippen molar-refractivity contribution in [1.29, 1.82) is 0 Å². The van der Waals surface area contributed by atoms with Crippen LogP contribution < -0.4 is 11.1 Å². The largest absolute Gasteiger partial charge is 0.399 e. The lowest BCUT2D eigenvalue weighted by Gasteiger charge is -2.27. The molecule has 1 aromatic carbocycles. The number of aryl methyl sites for hydroxylation is 1. The molecule has 1 rings (SSSR count). The lowest BCUT2D eigenvalue weighted by atomic mass is 10.0. The third kappa shape index (κ3) is 4.27. The van der Waals surface area contributed by atoms with Crippen LogP contribution in [0.15, 0.2) is 18.2 Å². The van der Waals surface area contributed by atoms with Crippen LogP contribution in [0, 0.1) is 12.8 Å². The summed E-state index contributed by atoms with van der Waals surface area (Å²) in [6.07, 6.45) is 0. The number of hydrogen-bond acceptors (Lipinski definition) is 3. The minimum atomic E-state index is 0.451. The first-order valence-electron chi connectivity index (χ1n) is 6.17. The number of nitrogens with one attached hydrogen (secondary N) is 1. The van der Waals surface area contributed by atoms with Crippen LogP contribution in [0.3, 0.4) is 0 Å². The van der Waals surface area contributed by atoms with Gasteiger partial charge >= 0.3 is 0 Å². The summed E-state index contributed by atoms with van der Waals surface area (Å²) < 4.78 is 0. The fraction of sp³-hybridized carbons (Fsp3) is 0.571. The van der Waals surface area contributed by atoms with Gasteiger partial charge in [0.1, 0.15) is 0 Å². The molecule has 0 aliphatic rings. The average molecular weight is 235 g/mol. The van der Waals surface area contributed by atoms with Gasteiger partial charge in [-0.05, 0) is 50.7 Å². The minimum absolute atomic E-state index is 0.451. The van der Waals surface area contributed by atoms with Gasteiger partial charge in [-0.2, -0.15) is 0 Å². The van der Waals surface area contributed by atoms with Crippen molar-refractivity contribution in [2.45, 2.75) is 26.8 Å². The number of nitrogens with two attached hydrogens (primary N) is 1. The van der Waals surface area contributed by atoms with Crippen molar-refractivity contribution >= 4 is 11.4 Å². The van der Waals surface area contributed by atoms with Gasteiger partial charge in [-0.3, -0.25) is 0 Å². The van der Waals surface area contributed by atoms with E-state index in [9.17, 15) is 0 Å². The first-order valence-corrected chi connectivity index (χ1v) is 6.17. The summed E-state index contributed by atoms with van der Waals surface area (Å²) in [7, 11) is 4.21. The van der Waals surface area contributed by atoms with E-state index in [1.807, 2.05) is 12.1 Å². The predicted molar refractivity (Wildman–Crippen MR) is 76.4 cm³/mol. The van der Waals surface area contributed by atoms with Gasteiger partial charge in [0.15, 0.2) is 0 Å². The van der Waals surface area contributed by atoms with Gasteiger partial charge in [0.05, 0.1) is 0 Å². The smallest absolute Gasteiger partial charge is 0.0411 e. The number of likely N-dealkylation sites (N-methyl/N-ethyl adjacent to an activating group) is 1. The van der Waals surface area contributed by atoms with Crippen molar-refractivity contribution < 1.29 is 0 Å². The van der Waals surface area contributed by atoms with Gasteiger partial charge in [0.2, 0.25) is 0 Å². The fourth-order valence-electron chi connectivity index (χ4n) is 1.87. The third-order valence-electron chi connectivity index (χ3n) is 2.96. The van der Waals surface area contributed by atoms with Crippen molar-refractivity contribution in [1.82, 2.24) is 4.90 Å². The molecule has 1 unspecified atom stereocenters. The number of nitrogen functional groups attached to an aromatic ring is 1. The molecule has 0 aliphatic carbocycles. The Hall–Kier alpha value is -1.22. The summed E-state index contributed by atoms with van der Waals surface area (Å²) in [6.45, 7) is 7.61. The van der Waals surface area contributed by atoms with E-state index < -0.39 is 0 Å². The van der Waals surface area contributed by atoms with E-state index >= 15 is 0 Å². The lowest BCUT2D eigenvalue weighted by Crippen LogP contribution is -2.36. The van der Waals surface area contributed by atoms with Gasteiger partial charge < -0.3 is 16.0 Å². The Balaban J connectivity index is 2.78. The third-order valence-corrected chi connectivity index (χ3v) is 2.96. The number of benzene rings is 1. The van der Waals surface area contributed by atoms with Gasteiger partial charge in [-0.25, -0.2) is 0 Å². The monoisotopic (exact) mass is 235 g/mol. The molecule has 0 bridgehead atoms. The Morgan fingerprint density at radius 3 is 2.41 bits per heavy atom. The van der Waals surface area contributed by atoms with Crippen LogP contribution in [-0.4, -0.2) is 31.6 Å². The Labute approximate surface area is 105 Å². The topological polar surface area (TPSA) is 41.3 Å². The normalized spacial score (nSPS) is 13.1. The van der Waals surface area contributed by atoms with Gasteiger partial charge in [-0.1, -0.05) is 13.8 Å². The molecule has 3 nitrogen and oxygen atoms in total. The highest BCUT2D eigenvalue weighted by Gasteiger charge is 2.14. The molecule has 3 N–H and O–H groups in total. The first kappa shape index (κ1) is 13.8. The van der Waals surface area contributed by atoms with Crippen LogP contribution in [0.1, 0.15) is 19.4 Å². The maximum atomic E-state index is 5.76. The number of nitrogens with zero attached hydrogens (tertiary/aromatic N) is 1. The molecule has 3 heteroatoms. The summed E-state index contributed by atoms with van der Waals surface area (Å²) in [5, 5.41) is 3.61. The first-order chi connectivity index (χ1) is 7.90. The fourth-order valence-corrected chi connectivity index (χ4v) is 1.87. The Morgan fingerprint density at radius 2 is 1.94 bits per heavy atom. The molecule has 0 spiro atoms. The lowest BCUT2D eigenvalue weighted by molar-refractivity contribution is 0.344. The van der Waals surface area contributed by atoms with Gasteiger partial charge in [0, 0.05) is 24.0 Å². The second-order valence-corrected chi connectivity index (χ2v) is 5.33. The van der Waals surface area contributed by atoms with Crippen molar-refractivity contribution in [3.05, 3.63) is 23.8 Å². The van der Waals surface area contributed by atoms with E-state index in [1.165, 1.54) is 11.3 Å². The molecule has 96 valence electrons. The number of rotatable bonds is 5. The molecule has 0 aromatic heterocycles. The highest BCUT2D eigenvalue weighted by Crippen LogP contribution is 2.20. The number of hydrogen-bond donors (Lipinski definition) is 2. The Bertz CT molecular complexity index is 358. The zero-order chi connectivity index (χ0) is 13.0. The molecule has 0 saturated heterocycles. The van der Waals surface area contributed by atoms with E-state index in [2.05, 4.69) is 51.1 Å². The van der Waals surface area contributed by atoms with Crippen molar-refractivity contribution in [2.24, 2.45) is 5.92 Å². The summed E-state index contributed by atoms with van der Waals surface area (Å²) in [5.74, 6) is 0.592. The maximum Gasteiger partial charge on any atom is 0.0411 e. The van der Waals surface area contributed by atoms with E-state index in [1.54, 1.807) is 0 Å². The minimum Gasteiger partial charge on any atom is -0.399 e. The highest BCUT2D eigenvalue weighted by molar-refractivity contribution is 5.57. The maximum absolute atomic E-state index is 5.76. The van der Waals surface area contributed by atoms with E-state index in [0.717, 1.165) is 12.2 Å². The van der Waals surface area contributed by atoms with Crippen molar-refractivity contribution in [2.75, 3.05) is 31.7 Å². The molecular weight excluding hydrogens is 210 g/mol. The molecule has 0 amide bonds. The Kier molecular flexibility index (Phi) is 4.82. The molecule has 17 heavy (non-hydrogen) atoms. The second kappa shape index (κ2) is 5.92. The summed E-state index contributed by atoms with van der Waals surface area (Å²) in [6, 6.07) is 6.47. The highest BCUT2D eigenvalue weighted by atomic mass is 15.1. The van der Waals surface area contributed by atoms with Crippen LogP contribution in [0.4, 0.5) is 11.4 Å². The number of anilines is 2. The van der Waals surface area contributed by atoms with Crippen LogP contribution in [0.25, 0.3) is 0 Å². The van der Waals surface area contributed by atoms with Crippen molar-refractivity contribution in [3.8, 4) is 0 Å². The van der Waals surface area contributed by atoms with Gasteiger partial charge in [-0.15, -0.1) is 0 Å². The molecule has 0 fully saturated rings. The zero-order valence-corrected chi connectivity index (χ0v) is 11.6. The van der Waals surface area contributed by atoms with E-state index in [-0.39, 0.29) is 0 Å². The van der Waals surface area contributed by atoms with Crippen LogP contribution in [0.5, 0.6) is 0 Å². The summed E-state index contributed by atoms with van der Waals surface area (Å²) in [4.78, 5) is 2.21. The molecule has 1 aromatic rings. The zero-order valence-electron chi connectivity index (χ0n) is 11.6. The van der Waals surface area contributed by atoms with Crippen molar-refractivity contribution in [3.63, 3.8) is 0 Å². The van der Waals surface area contributed by atoms with Crippen LogP contribution >= 0.6 is 0 Å². The molecular formula is C14H25N3. The molecule has 0 heterocycles. The summed E-state index contributed by atoms with van der Waals surface area (Å²) >= 11 is 0. The van der Waals surface area contributed by atoms with Crippen LogP contribution in [0.2, 0.25) is 0 Å². The van der Waals surface area contributed by atoms with E-state index in [0.29, 0.717) is 12.0 Å². The second-order valence-electron chi connectivity index (χ2n) is 5.33. The molecule has 0 aliphatic heterocycles. The quantitative estimate of drug-likeness (QED) is 0.771. The summed E-state index contributed by atoms with van der Waals surface area (Å²) in [5.41, 5.74) is 8.97. The average Bonchev–Trinajstić information content (AvgIpc) is 2.19. The SMILES string of the molecule is Cc1cc(N)ccc1NC(CN(C)C)C(C)C. The molecule has 0 radical (unpaired) electrons. The van der Waals surface area contributed by atoms with Crippen LogP contribution in [-0.2, 0) is 0 Å². The standard InChI is InChI=1S/C14H25N3/c1-10(2)14(9-17(4)5)16-13-7-6-12(15)8-11(13)3/h6-8,10,14,16H,9,15H2,1-5H3.